The molecule has 1 fully saturated rings. The van der Waals surface area contributed by atoms with Gasteiger partial charge in [-0.25, -0.2) is 0 Å². The highest BCUT2D eigenvalue weighted by atomic mass is 32.1. The first kappa shape index (κ1) is 10.1. The van der Waals surface area contributed by atoms with Crippen molar-refractivity contribution in [2.24, 2.45) is 5.73 Å². The highest BCUT2D eigenvalue weighted by molar-refractivity contribution is 7.10. The summed E-state index contributed by atoms with van der Waals surface area (Å²) in [5.74, 6) is 0. The van der Waals surface area contributed by atoms with Crippen LogP contribution in [-0.4, -0.2) is 12.7 Å². The van der Waals surface area contributed by atoms with Gasteiger partial charge in [-0.2, -0.15) is 0 Å². The van der Waals surface area contributed by atoms with E-state index in [-0.39, 0.29) is 11.6 Å². The Hall–Kier alpha value is -0.380. The first-order valence-corrected chi connectivity index (χ1v) is 5.98. The van der Waals surface area contributed by atoms with Gasteiger partial charge in [0.2, 0.25) is 0 Å². The molecule has 2 N–H and O–H groups in total. The number of hydrogen-bond donors (Lipinski definition) is 1. The molecule has 1 aromatic heterocycles. The van der Waals surface area contributed by atoms with Crippen molar-refractivity contribution >= 4 is 11.3 Å². The summed E-state index contributed by atoms with van der Waals surface area (Å²) in [6, 6.07) is 4.31. The van der Waals surface area contributed by atoms with Crippen LogP contribution in [0.5, 0.6) is 0 Å². The summed E-state index contributed by atoms with van der Waals surface area (Å²) >= 11 is 1.74. The van der Waals surface area contributed by atoms with Crippen LogP contribution >= 0.6 is 11.3 Å². The topological polar surface area (TPSA) is 35.2 Å². The molecule has 1 aliphatic carbocycles. The molecule has 0 saturated heterocycles. The predicted octanol–water partition coefficient (Wildman–Crippen LogP) is 2.71. The van der Waals surface area contributed by atoms with Crippen LogP contribution in [0.3, 0.4) is 0 Å². The molecule has 1 atom stereocenters. The predicted molar refractivity (Wildman–Crippen MR) is 59.5 cm³/mol. The number of nitrogens with two attached hydrogens (primary N) is 1. The average Bonchev–Trinajstić information content (AvgIpc) is 2.63. The molecular formula is C11H17NOS. The summed E-state index contributed by atoms with van der Waals surface area (Å²) in [6.07, 6.45) is 4.58. The number of thiophene rings is 1. The van der Waals surface area contributed by atoms with Crippen molar-refractivity contribution in [3.05, 3.63) is 22.4 Å². The van der Waals surface area contributed by atoms with Crippen LogP contribution < -0.4 is 5.73 Å². The molecule has 2 nitrogen and oxygen atoms in total. The average molecular weight is 211 g/mol. The molecule has 0 spiro atoms. The first-order chi connectivity index (χ1) is 6.76. The van der Waals surface area contributed by atoms with E-state index in [4.69, 9.17) is 10.5 Å². The molecule has 1 unspecified atom stereocenters. The minimum absolute atomic E-state index is 0.0867. The summed E-state index contributed by atoms with van der Waals surface area (Å²) in [6.45, 7) is 0. The third-order valence-electron chi connectivity index (χ3n) is 3.20. The fourth-order valence-corrected chi connectivity index (χ4v) is 2.80. The molecule has 0 aliphatic heterocycles. The van der Waals surface area contributed by atoms with Crippen LogP contribution in [0.1, 0.15) is 36.6 Å². The molecular weight excluding hydrogens is 194 g/mol. The lowest BCUT2D eigenvalue weighted by molar-refractivity contribution is -0.0815. The number of rotatable bonds is 4. The monoisotopic (exact) mass is 211 g/mol. The van der Waals surface area contributed by atoms with Gasteiger partial charge >= 0.3 is 0 Å². The SMILES string of the molecule is COC1(CC(N)c2cccs2)CCC1. The summed E-state index contributed by atoms with van der Waals surface area (Å²) < 4.78 is 5.57. The van der Waals surface area contributed by atoms with Gasteiger partial charge in [-0.05, 0) is 37.1 Å². The van der Waals surface area contributed by atoms with Crippen molar-refractivity contribution in [1.82, 2.24) is 0 Å². The third-order valence-corrected chi connectivity index (χ3v) is 4.20. The van der Waals surface area contributed by atoms with Gasteiger partial charge in [0.1, 0.15) is 0 Å². The van der Waals surface area contributed by atoms with Crippen LogP contribution in [0.4, 0.5) is 0 Å². The lowest BCUT2D eigenvalue weighted by Gasteiger charge is -2.42. The normalized spacial score (nSPS) is 21.6. The molecule has 0 radical (unpaired) electrons. The largest absolute Gasteiger partial charge is 0.378 e. The quantitative estimate of drug-likeness (QED) is 0.831. The fraction of sp³-hybridized carbons (Fsp3) is 0.636. The van der Waals surface area contributed by atoms with Gasteiger partial charge in [-0.15, -0.1) is 11.3 Å². The van der Waals surface area contributed by atoms with Crippen LogP contribution in [-0.2, 0) is 4.74 Å². The third kappa shape index (κ3) is 1.85. The lowest BCUT2D eigenvalue weighted by atomic mass is 9.75. The van der Waals surface area contributed by atoms with Crippen LogP contribution in [0, 0.1) is 0 Å². The van der Waals surface area contributed by atoms with E-state index >= 15 is 0 Å². The summed E-state index contributed by atoms with van der Waals surface area (Å²) in [4.78, 5) is 1.27. The Bertz CT molecular complexity index is 274. The van der Waals surface area contributed by atoms with Gasteiger partial charge in [0.05, 0.1) is 5.60 Å². The van der Waals surface area contributed by atoms with Gasteiger partial charge in [0.15, 0.2) is 0 Å². The van der Waals surface area contributed by atoms with E-state index < -0.39 is 0 Å². The van der Waals surface area contributed by atoms with Gasteiger partial charge in [0.25, 0.3) is 0 Å². The lowest BCUT2D eigenvalue weighted by Crippen LogP contribution is -2.41. The maximum Gasteiger partial charge on any atom is 0.0697 e. The van der Waals surface area contributed by atoms with Crippen molar-refractivity contribution in [3.8, 4) is 0 Å². The second kappa shape index (κ2) is 4.01. The molecule has 78 valence electrons. The van der Waals surface area contributed by atoms with E-state index in [9.17, 15) is 0 Å². The highest BCUT2D eigenvalue weighted by Gasteiger charge is 2.38. The molecule has 1 heterocycles. The van der Waals surface area contributed by atoms with Gasteiger partial charge < -0.3 is 10.5 Å². The second-order valence-corrected chi connectivity index (χ2v) is 5.05. The zero-order chi connectivity index (χ0) is 10.0. The van der Waals surface area contributed by atoms with Crippen LogP contribution in [0.15, 0.2) is 17.5 Å². The summed E-state index contributed by atoms with van der Waals surface area (Å²) in [5.41, 5.74) is 6.23. The Kier molecular flexibility index (Phi) is 2.91. The molecule has 1 aliphatic rings. The molecule has 2 rings (SSSR count). The smallest absolute Gasteiger partial charge is 0.0697 e. The minimum atomic E-state index is 0.0867. The summed E-state index contributed by atoms with van der Waals surface area (Å²) in [5, 5.41) is 2.08. The Labute approximate surface area is 89.1 Å². The highest BCUT2D eigenvalue weighted by Crippen LogP contribution is 2.41. The second-order valence-electron chi connectivity index (χ2n) is 4.07. The zero-order valence-corrected chi connectivity index (χ0v) is 9.35. The number of hydrogen-bond acceptors (Lipinski definition) is 3. The summed E-state index contributed by atoms with van der Waals surface area (Å²) in [7, 11) is 1.81. The Morgan fingerprint density at radius 1 is 1.64 bits per heavy atom. The maximum atomic E-state index is 6.14. The zero-order valence-electron chi connectivity index (χ0n) is 8.53. The molecule has 0 bridgehead atoms. The van der Waals surface area contributed by atoms with Crippen molar-refractivity contribution < 1.29 is 4.74 Å². The first-order valence-electron chi connectivity index (χ1n) is 5.10. The standard InChI is InChI=1S/C11H17NOS/c1-13-11(5-3-6-11)8-9(12)10-4-2-7-14-10/h2,4,7,9H,3,5-6,8,12H2,1H3. The van der Waals surface area contributed by atoms with E-state index in [1.807, 2.05) is 0 Å². The Morgan fingerprint density at radius 2 is 2.43 bits per heavy atom. The molecule has 0 amide bonds. The number of ether oxygens (including phenoxy) is 1. The van der Waals surface area contributed by atoms with Crippen molar-refractivity contribution in [3.63, 3.8) is 0 Å². The van der Waals surface area contributed by atoms with E-state index in [2.05, 4.69) is 17.5 Å². The van der Waals surface area contributed by atoms with Crippen molar-refractivity contribution in [2.75, 3.05) is 7.11 Å². The number of methoxy groups -OCH3 is 1. The van der Waals surface area contributed by atoms with E-state index in [1.165, 1.54) is 24.1 Å². The molecule has 14 heavy (non-hydrogen) atoms. The van der Waals surface area contributed by atoms with Crippen LogP contribution in [0.25, 0.3) is 0 Å². The fourth-order valence-electron chi connectivity index (χ4n) is 2.07. The molecule has 1 aromatic rings. The van der Waals surface area contributed by atoms with Gasteiger partial charge in [0, 0.05) is 18.0 Å². The van der Waals surface area contributed by atoms with Crippen molar-refractivity contribution in [1.29, 1.82) is 0 Å². The minimum Gasteiger partial charge on any atom is -0.378 e. The Morgan fingerprint density at radius 3 is 2.86 bits per heavy atom. The van der Waals surface area contributed by atoms with Crippen molar-refractivity contribution in [2.45, 2.75) is 37.3 Å². The molecule has 0 aromatic carbocycles. The maximum absolute atomic E-state index is 6.14. The van der Waals surface area contributed by atoms with Crippen LogP contribution in [0.2, 0.25) is 0 Å². The van der Waals surface area contributed by atoms with E-state index in [0.717, 1.165) is 6.42 Å². The van der Waals surface area contributed by atoms with Gasteiger partial charge in [-0.1, -0.05) is 6.07 Å². The Balaban J connectivity index is 1.97. The van der Waals surface area contributed by atoms with E-state index in [1.54, 1.807) is 18.4 Å². The van der Waals surface area contributed by atoms with E-state index in [0.29, 0.717) is 0 Å². The molecule has 3 heteroatoms. The molecule has 1 saturated carbocycles. The van der Waals surface area contributed by atoms with Gasteiger partial charge in [-0.3, -0.25) is 0 Å².